The minimum absolute atomic E-state index is 0.102. The van der Waals surface area contributed by atoms with Gasteiger partial charge in [-0.15, -0.1) is 0 Å². The minimum Gasteiger partial charge on any atom is -0.428 e. The highest BCUT2D eigenvalue weighted by atomic mass is 16.5. The molecule has 2 aromatic rings. The van der Waals surface area contributed by atoms with Gasteiger partial charge in [0.15, 0.2) is 0 Å². The van der Waals surface area contributed by atoms with Crippen LogP contribution in [0, 0.1) is 13.8 Å². The molecule has 1 saturated heterocycles. The van der Waals surface area contributed by atoms with Crippen LogP contribution in [0.15, 0.2) is 28.7 Å². The van der Waals surface area contributed by atoms with Crippen LogP contribution in [0.3, 0.4) is 0 Å². The van der Waals surface area contributed by atoms with Crippen molar-refractivity contribution in [3.05, 3.63) is 46.8 Å². The number of aryl methyl sites for hydroxylation is 2. The molecule has 3 amide bonds. The molecule has 3 N–H and O–H groups in total. The quantitative estimate of drug-likeness (QED) is 0.723. The Kier molecular flexibility index (Phi) is 6.08. The van der Waals surface area contributed by atoms with Crippen LogP contribution in [0.4, 0.5) is 10.8 Å². The second-order valence-electron chi connectivity index (χ2n) is 6.51. The zero-order chi connectivity index (χ0) is 19.2. The molecular weight excluding hydrogens is 348 g/mol. The van der Waals surface area contributed by atoms with Crippen molar-refractivity contribution < 1.29 is 18.7 Å². The molecule has 1 aromatic heterocycles. The smallest absolute Gasteiger partial charge is 0.323 e. The van der Waals surface area contributed by atoms with Gasteiger partial charge >= 0.3 is 12.0 Å². The number of nitrogens with zero attached hydrogens (tertiary/aromatic N) is 1. The second-order valence-corrected chi connectivity index (χ2v) is 6.51. The predicted molar refractivity (Wildman–Crippen MR) is 99.6 cm³/mol. The average molecular weight is 372 g/mol. The molecule has 0 aliphatic carbocycles. The molecule has 1 aliphatic heterocycles. The standard InChI is InChI=1S/C19H24N4O4/c1-12-13(2)27-19(22-12)23-18(25)21-10-14-5-3-6-15(9-14)17(24)20-11-16-7-4-8-26-16/h3,5-6,9,16H,4,7-8,10-11H2,1-2H3,(H,20,24)(H2,21,22,23,25)/t16-/m1/s1. The summed E-state index contributed by atoms with van der Waals surface area (Å²) in [6, 6.07) is 6.86. The van der Waals surface area contributed by atoms with Crippen LogP contribution in [-0.2, 0) is 11.3 Å². The molecule has 8 nitrogen and oxygen atoms in total. The first kappa shape index (κ1) is 18.9. The fraction of sp³-hybridized carbons (Fsp3) is 0.421. The normalized spacial score (nSPS) is 16.1. The highest BCUT2D eigenvalue weighted by Crippen LogP contribution is 2.13. The van der Waals surface area contributed by atoms with E-state index in [2.05, 4.69) is 20.9 Å². The van der Waals surface area contributed by atoms with Crippen LogP contribution in [0.5, 0.6) is 0 Å². The fourth-order valence-electron chi connectivity index (χ4n) is 2.79. The Morgan fingerprint density at radius 1 is 1.26 bits per heavy atom. The summed E-state index contributed by atoms with van der Waals surface area (Å²) in [6.45, 7) is 5.13. The van der Waals surface area contributed by atoms with Crippen LogP contribution >= 0.6 is 0 Å². The molecule has 2 heterocycles. The summed E-state index contributed by atoms with van der Waals surface area (Å²) < 4.78 is 10.8. The third-order valence-electron chi connectivity index (χ3n) is 4.41. The number of hydrogen-bond donors (Lipinski definition) is 3. The molecule has 3 rings (SSSR count). The number of benzene rings is 1. The highest BCUT2D eigenvalue weighted by Gasteiger charge is 2.17. The molecule has 0 saturated carbocycles. The first-order chi connectivity index (χ1) is 13.0. The Balaban J connectivity index is 1.49. The first-order valence-electron chi connectivity index (χ1n) is 8.99. The van der Waals surface area contributed by atoms with E-state index in [0.717, 1.165) is 30.7 Å². The van der Waals surface area contributed by atoms with Crippen molar-refractivity contribution in [3.8, 4) is 0 Å². The Morgan fingerprint density at radius 3 is 2.81 bits per heavy atom. The van der Waals surface area contributed by atoms with Crippen molar-refractivity contribution in [2.24, 2.45) is 0 Å². The van der Waals surface area contributed by atoms with E-state index >= 15 is 0 Å². The number of oxazole rings is 1. The number of rotatable bonds is 6. The Labute approximate surface area is 157 Å². The Hall–Kier alpha value is -2.87. The monoisotopic (exact) mass is 372 g/mol. The van der Waals surface area contributed by atoms with Gasteiger partial charge in [-0.05, 0) is 44.4 Å². The Morgan fingerprint density at radius 2 is 2.11 bits per heavy atom. The van der Waals surface area contributed by atoms with Crippen LogP contribution in [0.2, 0.25) is 0 Å². The maximum Gasteiger partial charge on any atom is 0.323 e. The van der Waals surface area contributed by atoms with Crippen molar-refractivity contribution in [1.29, 1.82) is 0 Å². The van der Waals surface area contributed by atoms with Gasteiger partial charge in [-0.2, -0.15) is 4.98 Å². The summed E-state index contributed by atoms with van der Waals surface area (Å²) in [5.74, 6) is 0.509. The summed E-state index contributed by atoms with van der Waals surface area (Å²) in [4.78, 5) is 28.3. The van der Waals surface area contributed by atoms with Crippen LogP contribution in [0.1, 0.15) is 40.2 Å². The molecule has 0 spiro atoms. The van der Waals surface area contributed by atoms with Crippen LogP contribution in [-0.4, -0.2) is 36.2 Å². The lowest BCUT2D eigenvalue weighted by Gasteiger charge is -2.11. The van der Waals surface area contributed by atoms with E-state index in [1.54, 1.807) is 32.0 Å². The molecule has 27 heavy (non-hydrogen) atoms. The number of nitrogens with one attached hydrogen (secondary N) is 3. The number of aromatic nitrogens is 1. The lowest BCUT2D eigenvalue weighted by Crippen LogP contribution is -2.32. The lowest BCUT2D eigenvalue weighted by atomic mass is 10.1. The average Bonchev–Trinajstić information content (AvgIpc) is 3.28. The van der Waals surface area contributed by atoms with Crippen LogP contribution in [0.25, 0.3) is 0 Å². The van der Waals surface area contributed by atoms with Gasteiger partial charge in [0.2, 0.25) is 0 Å². The third kappa shape index (κ3) is 5.30. The number of ether oxygens (including phenoxy) is 1. The van der Waals surface area contributed by atoms with Gasteiger partial charge < -0.3 is 19.8 Å². The van der Waals surface area contributed by atoms with E-state index in [-0.39, 0.29) is 24.6 Å². The van der Waals surface area contributed by atoms with Gasteiger partial charge in [0.1, 0.15) is 5.76 Å². The van der Waals surface area contributed by atoms with Crippen LogP contribution < -0.4 is 16.0 Å². The molecule has 1 fully saturated rings. The molecule has 144 valence electrons. The number of amides is 3. The number of carbonyl (C=O) groups excluding carboxylic acids is 2. The van der Waals surface area contributed by atoms with E-state index in [1.165, 1.54) is 0 Å². The molecule has 1 atom stereocenters. The largest absolute Gasteiger partial charge is 0.428 e. The van der Waals surface area contributed by atoms with Gasteiger partial charge in [0, 0.05) is 25.3 Å². The molecular formula is C19H24N4O4. The maximum absolute atomic E-state index is 12.3. The lowest BCUT2D eigenvalue weighted by molar-refractivity contribution is 0.0857. The van der Waals surface area contributed by atoms with Crippen molar-refractivity contribution in [1.82, 2.24) is 15.6 Å². The van der Waals surface area contributed by atoms with Gasteiger partial charge in [-0.1, -0.05) is 12.1 Å². The molecule has 0 radical (unpaired) electrons. The maximum atomic E-state index is 12.3. The minimum atomic E-state index is -0.426. The summed E-state index contributed by atoms with van der Waals surface area (Å²) >= 11 is 0. The summed E-state index contributed by atoms with van der Waals surface area (Å²) in [6.07, 6.45) is 2.12. The molecule has 0 bridgehead atoms. The van der Waals surface area contributed by atoms with Gasteiger partial charge in [-0.3, -0.25) is 10.1 Å². The Bertz CT molecular complexity index is 792. The zero-order valence-corrected chi connectivity index (χ0v) is 15.5. The van der Waals surface area contributed by atoms with E-state index in [1.807, 2.05) is 6.07 Å². The fourth-order valence-corrected chi connectivity index (χ4v) is 2.79. The molecule has 1 aromatic carbocycles. The van der Waals surface area contributed by atoms with E-state index in [0.29, 0.717) is 17.9 Å². The topological polar surface area (TPSA) is 105 Å². The number of urea groups is 1. The number of anilines is 1. The second kappa shape index (κ2) is 8.68. The first-order valence-corrected chi connectivity index (χ1v) is 8.99. The van der Waals surface area contributed by atoms with E-state index in [4.69, 9.17) is 9.15 Å². The van der Waals surface area contributed by atoms with Crippen molar-refractivity contribution in [3.63, 3.8) is 0 Å². The van der Waals surface area contributed by atoms with Crippen molar-refractivity contribution >= 4 is 18.0 Å². The molecule has 1 aliphatic rings. The van der Waals surface area contributed by atoms with Gasteiger partial charge in [0.25, 0.3) is 5.91 Å². The predicted octanol–water partition coefficient (Wildman–Crippen LogP) is 2.52. The van der Waals surface area contributed by atoms with E-state index < -0.39 is 6.03 Å². The van der Waals surface area contributed by atoms with Crippen molar-refractivity contribution in [2.75, 3.05) is 18.5 Å². The summed E-state index contributed by atoms with van der Waals surface area (Å²) in [5.41, 5.74) is 2.09. The SMILES string of the molecule is Cc1nc(NC(=O)NCc2cccc(C(=O)NC[C@H]3CCCO3)c2)oc1C. The van der Waals surface area contributed by atoms with Gasteiger partial charge in [0.05, 0.1) is 11.8 Å². The van der Waals surface area contributed by atoms with E-state index in [9.17, 15) is 9.59 Å². The van der Waals surface area contributed by atoms with Crippen molar-refractivity contribution in [2.45, 2.75) is 39.3 Å². The highest BCUT2D eigenvalue weighted by molar-refractivity contribution is 5.94. The summed E-state index contributed by atoms with van der Waals surface area (Å²) in [5, 5.41) is 8.15. The molecule has 0 unspecified atom stereocenters. The number of carbonyl (C=O) groups is 2. The third-order valence-corrected chi connectivity index (χ3v) is 4.41. The summed E-state index contributed by atoms with van der Waals surface area (Å²) in [7, 11) is 0. The zero-order valence-electron chi connectivity index (χ0n) is 15.5. The van der Waals surface area contributed by atoms with Gasteiger partial charge in [-0.25, -0.2) is 4.79 Å². The number of hydrogen-bond acceptors (Lipinski definition) is 5. The molecule has 8 heteroatoms.